The van der Waals surface area contributed by atoms with Gasteiger partial charge in [-0.05, 0) is 30.3 Å². The van der Waals surface area contributed by atoms with E-state index in [4.69, 9.17) is 27.6 Å². The number of rotatable bonds is 5. The molecule has 0 radical (unpaired) electrons. The number of benzene rings is 2. The fourth-order valence-corrected chi connectivity index (χ4v) is 2.73. The third-order valence-electron chi connectivity index (χ3n) is 3.50. The van der Waals surface area contributed by atoms with E-state index in [1.807, 2.05) is 0 Å². The minimum absolute atomic E-state index is 0.0359. The fraction of sp³-hybridized carbons (Fsp3) is 0. The van der Waals surface area contributed by atoms with Crippen LogP contribution in [0, 0.1) is 10.1 Å². The van der Waals surface area contributed by atoms with E-state index in [0.717, 1.165) is 0 Å². The molecular weight excluding hydrogens is 393 g/mol. The van der Waals surface area contributed by atoms with Crippen LogP contribution >= 0.6 is 23.2 Å². The van der Waals surface area contributed by atoms with Crippen LogP contribution in [0.5, 0.6) is 0 Å². The first kappa shape index (κ1) is 18.6. The number of nitrogens with zero attached hydrogens (tertiary/aromatic N) is 2. The summed E-state index contributed by atoms with van der Waals surface area (Å²) in [6.45, 7) is 0. The van der Waals surface area contributed by atoms with Crippen LogP contribution in [0.4, 0.5) is 5.69 Å². The maximum atomic E-state index is 12.0. The van der Waals surface area contributed by atoms with Crippen molar-refractivity contribution in [2.45, 2.75) is 0 Å². The zero-order valence-electron chi connectivity index (χ0n) is 13.6. The van der Waals surface area contributed by atoms with Gasteiger partial charge >= 0.3 is 0 Å². The average Bonchev–Trinajstić information content (AvgIpc) is 3.10. The first-order valence-electron chi connectivity index (χ1n) is 7.57. The molecule has 0 saturated heterocycles. The Kier molecular flexibility index (Phi) is 5.54. The van der Waals surface area contributed by atoms with E-state index < -0.39 is 10.8 Å². The standard InChI is InChI=1S/C18H11Cl2N3O4/c19-12-4-6-15(16(20)9-12)18(24)22-21-10-14-5-7-17(27-14)11-2-1-3-13(8-11)23(25)26/h1-10H,(H,22,24)/b21-10-. The van der Waals surface area contributed by atoms with Crippen molar-refractivity contribution in [1.29, 1.82) is 0 Å². The molecule has 1 aromatic heterocycles. The number of hydrogen-bond donors (Lipinski definition) is 1. The van der Waals surface area contributed by atoms with Gasteiger partial charge in [0.25, 0.3) is 11.6 Å². The van der Waals surface area contributed by atoms with E-state index in [9.17, 15) is 14.9 Å². The number of halogens is 2. The lowest BCUT2D eigenvalue weighted by atomic mass is 10.1. The molecule has 0 saturated carbocycles. The van der Waals surface area contributed by atoms with Gasteiger partial charge in [0.2, 0.25) is 0 Å². The Bertz CT molecular complexity index is 1050. The molecule has 3 aromatic rings. The minimum atomic E-state index is -0.501. The SMILES string of the molecule is O=C(N/N=C\c1ccc(-c2cccc([N+](=O)[O-])c2)o1)c1ccc(Cl)cc1Cl. The number of carbonyl (C=O) groups excluding carboxylic acids is 1. The van der Waals surface area contributed by atoms with Gasteiger partial charge < -0.3 is 4.42 Å². The predicted molar refractivity (Wildman–Crippen MR) is 102 cm³/mol. The normalized spacial score (nSPS) is 10.9. The molecule has 0 bridgehead atoms. The molecule has 0 unspecified atom stereocenters. The predicted octanol–water partition coefficient (Wildman–Crippen LogP) is 4.93. The molecule has 9 heteroatoms. The van der Waals surface area contributed by atoms with Crippen molar-refractivity contribution in [2.75, 3.05) is 0 Å². The second-order valence-corrected chi connectivity index (χ2v) is 6.18. The maximum Gasteiger partial charge on any atom is 0.272 e. The number of carbonyl (C=O) groups is 1. The highest BCUT2D eigenvalue weighted by atomic mass is 35.5. The Hall–Kier alpha value is -3.16. The fourth-order valence-electron chi connectivity index (χ4n) is 2.24. The van der Waals surface area contributed by atoms with Crippen LogP contribution in [-0.4, -0.2) is 17.0 Å². The highest BCUT2D eigenvalue weighted by Crippen LogP contribution is 2.25. The van der Waals surface area contributed by atoms with Crippen molar-refractivity contribution in [2.24, 2.45) is 5.10 Å². The lowest BCUT2D eigenvalue weighted by Gasteiger charge is -2.02. The number of non-ortho nitro benzene ring substituents is 1. The highest BCUT2D eigenvalue weighted by molar-refractivity contribution is 6.36. The highest BCUT2D eigenvalue weighted by Gasteiger charge is 2.11. The van der Waals surface area contributed by atoms with Gasteiger partial charge in [-0.1, -0.05) is 35.3 Å². The zero-order chi connectivity index (χ0) is 19.4. The summed E-state index contributed by atoms with van der Waals surface area (Å²) < 4.78 is 5.56. The summed E-state index contributed by atoms with van der Waals surface area (Å²) in [5.41, 5.74) is 3.09. The van der Waals surface area contributed by atoms with Gasteiger partial charge in [0, 0.05) is 22.7 Å². The smallest absolute Gasteiger partial charge is 0.272 e. The van der Waals surface area contributed by atoms with Gasteiger partial charge in [-0.3, -0.25) is 14.9 Å². The molecule has 7 nitrogen and oxygen atoms in total. The Morgan fingerprint density at radius 3 is 2.70 bits per heavy atom. The molecular formula is C18H11Cl2N3O4. The molecule has 3 rings (SSSR count). The van der Waals surface area contributed by atoms with Gasteiger partial charge in [-0.2, -0.15) is 5.10 Å². The minimum Gasteiger partial charge on any atom is -0.455 e. The van der Waals surface area contributed by atoms with E-state index >= 15 is 0 Å². The van der Waals surface area contributed by atoms with Crippen molar-refractivity contribution in [1.82, 2.24) is 5.43 Å². The summed E-state index contributed by atoms with van der Waals surface area (Å²) in [5.74, 6) is 0.296. The van der Waals surface area contributed by atoms with Crippen LogP contribution in [0.2, 0.25) is 10.0 Å². The van der Waals surface area contributed by atoms with Crippen molar-refractivity contribution in [3.63, 3.8) is 0 Å². The first-order valence-corrected chi connectivity index (χ1v) is 8.33. The summed E-state index contributed by atoms with van der Waals surface area (Å²) in [5, 5.41) is 15.3. The van der Waals surface area contributed by atoms with Crippen molar-refractivity contribution < 1.29 is 14.1 Å². The third kappa shape index (κ3) is 4.52. The van der Waals surface area contributed by atoms with Gasteiger partial charge in [0.1, 0.15) is 11.5 Å². The Balaban J connectivity index is 1.69. The van der Waals surface area contributed by atoms with Crippen LogP contribution < -0.4 is 5.43 Å². The van der Waals surface area contributed by atoms with Crippen LogP contribution in [-0.2, 0) is 0 Å². The quantitative estimate of drug-likeness (QED) is 0.371. The Morgan fingerprint density at radius 2 is 1.96 bits per heavy atom. The van der Waals surface area contributed by atoms with Crippen LogP contribution in [0.15, 0.2) is 64.1 Å². The van der Waals surface area contributed by atoms with E-state index in [1.54, 1.807) is 30.3 Å². The number of amides is 1. The molecule has 27 heavy (non-hydrogen) atoms. The molecule has 0 aliphatic heterocycles. The zero-order valence-corrected chi connectivity index (χ0v) is 15.1. The Morgan fingerprint density at radius 1 is 1.15 bits per heavy atom. The first-order chi connectivity index (χ1) is 12.9. The van der Waals surface area contributed by atoms with Crippen LogP contribution in [0.3, 0.4) is 0 Å². The number of hydrogen-bond acceptors (Lipinski definition) is 5. The molecule has 0 spiro atoms. The van der Waals surface area contributed by atoms with Crippen molar-refractivity contribution in [3.05, 3.63) is 86.1 Å². The number of hydrazone groups is 1. The molecule has 0 atom stereocenters. The second kappa shape index (κ2) is 8.03. The number of nitro benzene ring substituents is 1. The summed E-state index contributed by atoms with van der Waals surface area (Å²) in [4.78, 5) is 22.4. The Labute approximate surface area is 163 Å². The lowest BCUT2D eigenvalue weighted by molar-refractivity contribution is -0.384. The summed E-state index contributed by atoms with van der Waals surface area (Å²) in [7, 11) is 0. The van der Waals surface area contributed by atoms with Gasteiger partial charge in [0.05, 0.1) is 21.7 Å². The van der Waals surface area contributed by atoms with Crippen molar-refractivity contribution in [3.8, 4) is 11.3 Å². The molecule has 0 aliphatic carbocycles. The number of nitrogens with one attached hydrogen (secondary N) is 1. The summed E-state index contributed by atoms with van der Waals surface area (Å²) in [6, 6.07) is 13.8. The molecule has 1 amide bonds. The van der Waals surface area contributed by atoms with Crippen molar-refractivity contribution >= 4 is 41.0 Å². The summed E-state index contributed by atoms with van der Waals surface area (Å²) >= 11 is 11.8. The van der Waals surface area contributed by atoms with E-state index in [-0.39, 0.29) is 16.3 Å². The van der Waals surface area contributed by atoms with Crippen LogP contribution in [0.25, 0.3) is 11.3 Å². The number of furan rings is 1. The van der Waals surface area contributed by atoms with Gasteiger partial charge in [0.15, 0.2) is 0 Å². The van der Waals surface area contributed by atoms with E-state index in [0.29, 0.717) is 22.1 Å². The molecule has 1 heterocycles. The lowest BCUT2D eigenvalue weighted by Crippen LogP contribution is -2.17. The molecule has 1 N–H and O–H groups in total. The van der Waals surface area contributed by atoms with Gasteiger partial charge in [-0.15, -0.1) is 0 Å². The molecule has 0 aliphatic rings. The third-order valence-corrected chi connectivity index (χ3v) is 4.05. The summed E-state index contributed by atoms with van der Waals surface area (Å²) in [6.07, 6.45) is 1.31. The average molecular weight is 404 g/mol. The maximum absolute atomic E-state index is 12.0. The topological polar surface area (TPSA) is 97.7 Å². The second-order valence-electron chi connectivity index (χ2n) is 5.33. The molecule has 2 aromatic carbocycles. The largest absolute Gasteiger partial charge is 0.455 e. The van der Waals surface area contributed by atoms with E-state index in [2.05, 4.69) is 10.5 Å². The molecule has 0 fully saturated rings. The van der Waals surface area contributed by atoms with Crippen LogP contribution in [0.1, 0.15) is 16.1 Å². The van der Waals surface area contributed by atoms with Gasteiger partial charge in [-0.25, -0.2) is 5.43 Å². The van der Waals surface area contributed by atoms with E-state index in [1.165, 1.54) is 30.5 Å². The monoisotopic (exact) mass is 403 g/mol. The number of nitro groups is 1. The molecule has 136 valence electrons.